The van der Waals surface area contributed by atoms with Crippen molar-refractivity contribution in [2.24, 2.45) is 0 Å². The van der Waals surface area contributed by atoms with Gasteiger partial charge >= 0.3 is 0 Å². The highest BCUT2D eigenvalue weighted by molar-refractivity contribution is 6.31. The van der Waals surface area contributed by atoms with E-state index in [9.17, 15) is 0 Å². The molecule has 19 heavy (non-hydrogen) atoms. The van der Waals surface area contributed by atoms with E-state index in [-0.39, 0.29) is 0 Å². The fourth-order valence-electron chi connectivity index (χ4n) is 2.32. The van der Waals surface area contributed by atoms with Crippen molar-refractivity contribution in [3.63, 3.8) is 0 Å². The molecule has 0 amide bonds. The van der Waals surface area contributed by atoms with Crippen molar-refractivity contribution in [1.29, 1.82) is 0 Å². The van der Waals surface area contributed by atoms with Gasteiger partial charge in [-0.25, -0.2) is 0 Å². The molecular weight excluding hydrogens is 256 g/mol. The highest BCUT2D eigenvalue weighted by Gasteiger charge is 2.18. The van der Waals surface area contributed by atoms with Crippen LogP contribution in [0.15, 0.2) is 48.8 Å². The first-order valence-electron chi connectivity index (χ1n) is 6.53. The maximum absolute atomic E-state index is 6.19. The number of pyridine rings is 1. The molecule has 0 saturated heterocycles. The third-order valence-corrected chi connectivity index (χ3v) is 3.94. The van der Waals surface area contributed by atoms with E-state index in [1.165, 1.54) is 5.56 Å². The Morgan fingerprint density at radius 3 is 2.58 bits per heavy atom. The standard InChI is InChI=1S/C16H19ClN2/c1-12(13-6-4-3-5-7-13)16(18-2)10-14-8-9-19-11-15(14)17/h3-9,11-12,16,18H,10H2,1-2H3. The van der Waals surface area contributed by atoms with Crippen LogP contribution in [0.2, 0.25) is 5.02 Å². The zero-order valence-corrected chi connectivity index (χ0v) is 12.1. The number of hydrogen-bond donors (Lipinski definition) is 1. The van der Waals surface area contributed by atoms with E-state index in [0.717, 1.165) is 17.0 Å². The summed E-state index contributed by atoms with van der Waals surface area (Å²) in [6.45, 7) is 2.24. The minimum absolute atomic E-state index is 0.349. The molecule has 1 N–H and O–H groups in total. The Labute approximate surface area is 119 Å². The molecule has 0 aliphatic carbocycles. The lowest BCUT2D eigenvalue weighted by atomic mass is 9.89. The van der Waals surface area contributed by atoms with E-state index in [0.29, 0.717) is 12.0 Å². The van der Waals surface area contributed by atoms with E-state index in [4.69, 9.17) is 11.6 Å². The average molecular weight is 275 g/mol. The van der Waals surface area contributed by atoms with Crippen LogP contribution in [0.5, 0.6) is 0 Å². The molecule has 2 rings (SSSR count). The lowest BCUT2D eigenvalue weighted by Gasteiger charge is -2.24. The van der Waals surface area contributed by atoms with Crippen LogP contribution in [-0.2, 0) is 6.42 Å². The molecular formula is C16H19ClN2. The third-order valence-electron chi connectivity index (χ3n) is 3.60. The van der Waals surface area contributed by atoms with Gasteiger partial charge in [0.1, 0.15) is 0 Å². The maximum Gasteiger partial charge on any atom is 0.0621 e. The molecule has 2 nitrogen and oxygen atoms in total. The van der Waals surface area contributed by atoms with E-state index >= 15 is 0 Å². The molecule has 2 aromatic rings. The molecule has 2 atom stereocenters. The number of likely N-dealkylation sites (N-methyl/N-ethyl adjacent to an activating group) is 1. The van der Waals surface area contributed by atoms with E-state index < -0.39 is 0 Å². The van der Waals surface area contributed by atoms with Gasteiger partial charge < -0.3 is 5.32 Å². The Morgan fingerprint density at radius 2 is 1.95 bits per heavy atom. The summed E-state index contributed by atoms with van der Waals surface area (Å²) >= 11 is 6.19. The summed E-state index contributed by atoms with van der Waals surface area (Å²) in [5, 5.41) is 4.14. The number of rotatable bonds is 5. The van der Waals surface area contributed by atoms with Crippen LogP contribution in [0.25, 0.3) is 0 Å². The first-order chi connectivity index (χ1) is 9.22. The van der Waals surface area contributed by atoms with Crippen molar-refractivity contribution < 1.29 is 0 Å². The molecule has 2 unspecified atom stereocenters. The Kier molecular flexibility index (Phi) is 4.94. The summed E-state index contributed by atoms with van der Waals surface area (Å²) in [5.41, 5.74) is 2.48. The lowest BCUT2D eigenvalue weighted by Crippen LogP contribution is -2.33. The summed E-state index contributed by atoms with van der Waals surface area (Å²) in [5.74, 6) is 0.426. The minimum atomic E-state index is 0.349. The van der Waals surface area contributed by atoms with Crippen molar-refractivity contribution >= 4 is 11.6 Å². The predicted molar refractivity (Wildman–Crippen MR) is 80.7 cm³/mol. The summed E-state index contributed by atoms with van der Waals surface area (Å²) in [7, 11) is 2.00. The molecule has 0 saturated carbocycles. The average Bonchev–Trinajstić information content (AvgIpc) is 2.47. The zero-order valence-electron chi connectivity index (χ0n) is 11.3. The van der Waals surface area contributed by atoms with Gasteiger partial charge in [0, 0.05) is 18.4 Å². The van der Waals surface area contributed by atoms with Crippen LogP contribution in [-0.4, -0.2) is 18.1 Å². The number of halogens is 1. The topological polar surface area (TPSA) is 24.9 Å². The van der Waals surface area contributed by atoms with Gasteiger partial charge in [-0.3, -0.25) is 4.98 Å². The second kappa shape index (κ2) is 6.69. The highest BCUT2D eigenvalue weighted by Crippen LogP contribution is 2.24. The Bertz CT molecular complexity index is 513. The van der Waals surface area contributed by atoms with Crippen LogP contribution in [0.3, 0.4) is 0 Å². The Balaban J connectivity index is 2.15. The predicted octanol–water partition coefficient (Wildman–Crippen LogP) is 3.67. The van der Waals surface area contributed by atoms with Crippen molar-refractivity contribution in [2.75, 3.05) is 7.05 Å². The fourth-order valence-corrected chi connectivity index (χ4v) is 2.52. The normalized spacial score (nSPS) is 14.1. The van der Waals surface area contributed by atoms with Crippen LogP contribution in [0.1, 0.15) is 24.0 Å². The molecule has 0 bridgehead atoms. The number of nitrogens with one attached hydrogen (secondary N) is 1. The number of aromatic nitrogens is 1. The molecule has 0 aliphatic heterocycles. The van der Waals surface area contributed by atoms with E-state index in [2.05, 4.69) is 41.5 Å². The fraction of sp³-hybridized carbons (Fsp3) is 0.312. The van der Waals surface area contributed by atoms with Crippen LogP contribution in [0, 0.1) is 0 Å². The smallest absolute Gasteiger partial charge is 0.0621 e. The molecule has 0 aliphatic rings. The largest absolute Gasteiger partial charge is 0.316 e. The van der Waals surface area contributed by atoms with Gasteiger partial charge in [0.15, 0.2) is 0 Å². The second-order valence-corrected chi connectivity index (χ2v) is 5.17. The molecule has 1 aromatic carbocycles. The lowest BCUT2D eigenvalue weighted by molar-refractivity contribution is 0.483. The van der Waals surface area contributed by atoms with Crippen LogP contribution < -0.4 is 5.32 Å². The van der Waals surface area contributed by atoms with Gasteiger partial charge in [-0.2, -0.15) is 0 Å². The van der Waals surface area contributed by atoms with Crippen molar-refractivity contribution in [3.05, 3.63) is 64.9 Å². The van der Waals surface area contributed by atoms with E-state index in [1.54, 1.807) is 12.4 Å². The number of nitrogens with zero attached hydrogens (tertiary/aromatic N) is 1. The first-order valence-corrected chi connectivity index (χ1v) is 6.90. The van der Waals surface area contributed by atoms with E-state index in [1.807, 2.05) is 19.2 Å². The quantitative estimate of drug-likeness (QED) is 0.900. The molecule has 0 radical (unpaired) electrons. The zero-order chi connectivity index (χ0) is 13.7. The molecule has 3 heteroatoms. The molecule has 0 fully saturated rings. The van der Waals surface area contributed by atoms with Crippen LogP contribution in [0.4, 0.5) is 0 Å². The third kappa shape index (κ3) is 3.55. The molecule has 0 spiro atoms. The Morgan fingerprint density at radius 1 is 1.21 bits per heavy atom. The van der Waals surface area contributed by atoms with Crippen molar-refractivity contribution in [2.45, 2.75) is 25.3 Å². The van der Waals surface area contributed by atoms with Gasteiger partial charge in [0.2, 0.25) is 0 Å². The summed E-state index contributed by atoms with van der Waals surface area (Å²) in [6, 6.07) is 12.9. The van der Waals surface area contributed by atoms with Gasteiger partial charge in [0.25, 0.3) is 0 Å². The minimum Gasteiger partial charge on any atom is -0.316 e. The van der Waals surface area contributed by atoms with Crippen molar-refractivity contribution in [1.82, 2.24) is 10.3 Å². The van der Waals surface area contributed by atoms with Crippen molar-refractivity contribution in [3.8, 4) is 0 Å². The highest BCUT2D eigenvalue weighted by atomic mass is 35.5. The SMILES string of the molecule is CNC(Cc1ccncc1Cl)C(C)c1ccccc1. The Hall–Kier alpha value is -1.38. The molecule has 1 heterocycles. The monoisotopic (exact) mass is 274 g/mol. The maximum atomic E-state index is 6.19. The summed E-state index contributed by atoms with van der Waals surface area (Å²) in [4.78, 5) is 4.03. The molecule has 100 valence electrons. The van der Waals surface area contributed by atoms with Gasteiger partial charge in [0.05, 0.1) is 5.02 Å². The van der Waals surface area contributed by atoms with Gasteiger partial charge in [-0.05, 0) is 36.6 Å². The van der Waals surface area contributed by atoms with Gasteiger partial charge in [-0.1, -0.05) is 48.9 Å². The number of hydrogen-bond acceptors (Lipinski definition) is 2. The van der Waals surface area contributed by atoms with Crippen LogP contribution >= 0.6 is 11.6 Å². The summed E-state index contributed by atoms with van der Waals surface area (Å²) < 4.78 is 0. The molecule has 1 aromatic heterocycles. The van der Waals surface area contributed by atoms with Gasteiger partial charge in [-0.15, -0.1) is 0 Å². The summed E-state index contributed by atoms with van der Waals surface area (Å²) in [6.07, 6.45) is 4.39. The number of benzene rings is 1. The first kappa shape index (κ1) is 14.0. The second-order valence-electron chi connectivity index (χ2n) is 4.77.